The van der Waals surface area contributed by atoms with Gasteiger partial charge in [0.25, 0.3) is 5.56 Å². The van der Waals surface area contributed by atoms with E-state index in [0.717, 1.165) is 36.1 Å². The van der Waals surface area contributed by atoms with Gasteiger partial charge < -0.3 is 4.90 Å². The molecule has 2 aromatic rings. The largest absolute Gasteiger partial charge is 0.300 e. The minimum atomic E-state index is -0.0676. The highest BCUT2D eigenvalue weighted by Gasteiger charge is 2.16. The molecule has 0 atom stereocenters. The Kier molecular flexibility index (Phi) is 4.88. The van der Waals surface area contributed by atoms with Crippen molar-refractivity contribution in [2.24, 2.45) is 5.92 Å². The van der Waals surface area contributed by atoms with Crippen LogP contribution >= 0.6 is 11.3 Å². The van der Waals surface area contributed by atoms with Crippen molar-refractivity contribution >= 4 is 16.3 Å². The smallest absolute Gasteiger partial charge is 0.275 e. The van der Waals surface area contributed by atoms with Crippen LogP contribution in [0.5, 0.6) is 0 Å². The van der Waals surface area contributed by atoms with Gasteiger partial charge in [-0.2, -0.15) is 9.61 Å². The number of hydrogen-bond donors (Lipinski definition) is 0. The lowest BCUT2D eigenvalue weighted by atomic mass is 9.89. The standard InChI is InChI=1S/C16H24N4OS/c1-3-14-18-20-15(21)9-13(17-16(20)22-14)11-19(2)10-12-7-5-4-6-8-12/h9,12H,3-8,10-11H2,1-2H3. The molecule has 0 radical (unpaired) electrons. The van der Waals surface area contributed by atoms with Crippen LogP contribution in [0.15, 0.2) is 10.9 Å². The van der Waals surface area contributed by atoms with Crippen LogP contribution in [0, 0.1) is 5.92 Å². The summed E-state index contributed by atoms with van der Waals surface area (Å²) in [7, 11) is 2.13. The number of hydrogen-bond acceptors (Lipinski definition) is 5. The predicted molar refractivity (Wildman–Crippen MR) is 89.4 cm³/mol. The third-order valence-electron chi connectivity index (χ3n) is 4.37. The molecule has 0 amide bonds. The molecule has 2 heterocycles. The molecule has 0 unspecified atom stereocenters. The summed E-state index contributed by atoms with van der Waals surface area (Å²) in [5.41, 5.74) is 0.789. The van der Waals surface area contributed by atoms with Gasteiger partial charge in [0, 0.05) is 19.2 Å². The highest BCUT2D eigenvalue weighted by molar-refractivity contribution is 7.16. The molecule has 120 valence electrons. The van der Waals surface area contributed by atoms with Crippen LogP contribution in [0.4, 0.5) is 0 Å². The van der Waals surface area contributed by atoms with Gasteiger partial charge in [-0.25, -0.2) is 4.98 Å². The average molecular weight is 320 g/mol. The van der Waals surface area contributed by atoms with Crippen LogP contribution in [0.3, 0.4) is 0 Å². The molecule has 22 heavy (non-hydrogen) atoms. The van der Waals surface area contributed by atoms with E-state index in [1.165, 1.54) is 48.0 Å². The normalized spacial score (nSPS) is 16.7. The highest BCUT2D eigenvalue weighted by atomic mass is 32.1. The first-order valence-electron chi connectivity index (χ1n) is 8.23. The van der Waals surface area contributed by atoms with E-state index in [4.69, 9.17) is 0 Å². The lowest BCUT2D eigenvalue weighted by Crippen LogP contribution is -2.28. The summed E-state index contributed by atoms with van der Waals surface area (Å²) in [5, 5.41) is 5.25. The van der Waals surface area contributed by atoms with Crippen molar-refractivity contribution in [1.29, 1.82) is 0 Å². The Morgan fingerprint density at radius 2 is 2.14 bits per heavy atom. The Balaban J connectivity index is 1.71. The van der Waals surface area contributed by atoms with Gasteiger partial charge in [0.05, 0.1) is 5.69 Å². The van der Waals surface area contributed by atoms with Gasteiger partial charge in [-0.15, -0.1) is 0 Å². The number of aromatic nitrogens is 3. The molecule has 0 aromatic carbocycles. The second-order valence-electron chi connectivity index (χ2n) is 6.33. The Morgan fingerprint density at radius 3 is 2.86 bits per heavy atom. The maximum Gasteiger partial charge on any atom is 0.275 e. The molecule has 0 bridgehead atoms. The van der Waals surface area contributed by atoms with Crippen molar-refractivity contribution in [2.75, 3.05) is 13.6 Å². The summed E-state index contributed by atoms with van der Waals surface area (Å²) >= 11 is 1.51. The van der Waals surface area contributed by atoms with E-state index in [9.17, 15) is 4.79 Å². The Bertz CT molecular complexity index is 687. The molecule has 1 fully saturated rings. The van der Waals surface area contributed by atoms with E-state index >= 15 is 0 Å². The average Bonchev–Trinajstić information content (AvgIpc) is 2.92. The number of rotatable bonds is 5. The maximum atomic E-state index is 12.1. The van der Waals surface area contributed by atoms with Gasteiger partial charge in [-0.3, -0.25) is 4.79 Å². The van der Waals surface area contributed by atoms with Crippen LogP contribution in [-0.4, -0.2) is 33.1 Å². The lowest BCUT2D eigenvalue weighted by Gasteiger charge is -2.26. The number of fused-ring (bicyclic) bond motifs is 1. The van der Waals surface area contributed by atoms with Gasteiger partial charge in [-0.1, -0.05) is 37.5 Å². The summed E-state index contributed by atoms with van der Waals surface area (Å²) in [5.74, 6) is 0.804. The van der Waals surface area contributed by atoms with Crippen molar-refractivity contribution in [3.05, 3.63) is 27.1 Å². The zero-order chi connectivity index (χ0) is 15.5. The fourth-order valence-corrected chi connectivity index (χ4v) is 4.13. The van der Waals surface area contributed by atoms with Crippen molar-refractivity contribution in [3.63, 3.8) is 0 Å². The predicted octanol–water partition coefficient (Wildman–Crippen LogP) is 2.73. The van der Waals surface area contributed by atoms with E-state index in [1.807, 2.05) is 6.92 Å². The summed E-state index contributed by atoms with van der Waals surface area (Å²) in [6, 6.07) is 1.63. The van der Waals surface area contributed by atoms with Crippen LogP contribution in [0.25, 0.3) is 4.96 Å². The van der Waals surface area contributed by atoms with Crippen LogP contribution < -0.4 is 5.56 Å². The van der Waals surface area contributed by atoms with E-state index < -0.39 is 0 Å². The summed E-state index contributed by atoms with van der Waals surface area (Å²) in [4.78, 5) is 19.8. The first-order chi connectivity index (χ1) is 10.7. The third-order valence-corrected chi connectivity index (χ3v) is 5.42. The zero-order valence-corrected chi connectivity index (χ0v) is 14.2. The first kappa shape index (κ1) is 15.6. The Morgan fingerprint density at radius 1 is 1.36 bits per heavy atom. The molecule has 1 saturated carbocycles. The molecular weight excluding hydrogens is 296 g/mol. The van der Waals surface area contributed by atoms with Crippen molar-refractivity contribution in [3.8, 4) is 0 Å². The Labute approximate surface area is 135 Å². The fourth-order valence-electron chi connectivity index (χ4n) is 3.27. The van der Waals surface area contributed by atoms with Gasteiger partial charge in [0.2, 0.25) is 4.96 Å². The van der Waals surface area contributed by atoms with E-state index in [0.29, 0.717) is 4.96 Å². The lowest BCUT2D eigenvalue weighted by molar-refractivity contribution is 0.226. The van der Waals surface area contributed by atoms with Gasteiger partial charge >= 0.3 is 0 Å². The molecule has 2 aromatic heterocycles. The van der Waals surface area contributed by atoms with Crippen LogP contribution in [-0.2, 0) is 13.0 Å². The number of nitrogens with zero attached hydrogens (tertiary/aromatic N) is 4. The van der Waals surface area contributed by atoms with E-state index in [-0.39, 0.29) is 5.56 Å². The molecule has 0 aliphatic heterocycles. The maximum absolute atomic E-state index is 12.1. The molecule has 1 aliphatic carbocycles. The third kappa shape index (κ3) is 3.55. The SMILES string of the molecule is CCc1nn2c(=O)cc(CN(C)CC3CCCCC3)nc2s1. The van der Waals surface area contributed by atoms with Crippen molar-refractivity contribution in [1.82, 2.24) is 19.5 Å². The quantitative estimate of drug-likeness (QED) is 0.850. The Hall–Kier alpha value is -1.27. The monoisotopic (exact) mass is 320 g/mol. The van der Waals surface area contributed by atoms with Crippen molar-refractivity contribution in [2.45, 2.75) is 52.0 Å². The van der Waals surface area contributed by atoms with E-state index in [1.54, 1.807) is 6.07 Å². The summed E-state index contributed by atoms with van der Waals surface area (Å²) in [6.45, 7) is 3.88. The minimum Gasteiger partial charge on any atom is -0.300 e. The molecule has 0 spiro atoms. The summed E-state index contributed by atoms with van der Waals surface area (Å²) in [6.07, 6.45) is 7.64. The second kappa shape index (κ2) is 6.87. The fraction of sp³-hybridized carbons (Fsp3) is 0.688. The van der Waals surface area contributed by atoms with Crippen LogP contribution in [0.1, 0.15) is 49.7 Å². The first-order valence-corrected chi connectivity index (χ1v) is 9.04. The molecular formula is C16H24N4OS. The topological polar surface area (TPSA) is 50.5 Å². The molecule has 0 N–H and O–H groups in total. The molecule has 6 heteroatoms. The molecule has 1 aliphatic rings. The molecule has 5 nitrogen and oxygen atoms in total. The summed E-state index contributed by atoms with van der Waals surface area (Å²) < 4.78 is 1.42. The molecule has 3 rings (SSSR count). The van der Waals surface area contributed by atoms with Crippen molar-refractivity contribution < 1.29 is 0 Å². The second-order valence-corrected chi connectivity index (χ2v) is 7.37. The van der Waals surface area contributed by atoms with E-state index in [2.05, 4.69) is 22.0 Å². The minimum absolute atomic E-state index is 0.0676. The van der Waals surface area contributed by atoms with Crippen LogP contribution in [0.2, 0.25) is 0 Å². The zero-order valence-electron chi connectivity index (χ0n) is 13.4. The van der Waals surface area contributed by atoms with Gasteiger partial charge in [-0.05, 0) is 32.2 Å². The molecule has 0 saturated heterocycles. The van der Waals surface area contributed by atoms with Gasteiger partial charge in [0.15, 0.2) is 0 Å². The number of aryl methyl sites for hydroxylation is 1. The highest BCUT2D eigenvalue weighted by Crippen LogP contribution is 2.24. The van der Waals surface area contributed by atoms with Gasteiger partial charge in [0.1, 0.15) is 5.01 Å².